The molecule has 0 N–H and O–H groups in total. The van der Waals surface area contributed by atoms with Crippen molar-refractivity contribution in [3.05, 3.63) is 383 Å². The highest BCUT2D eigenvalue weighted by atomic mass is 35.5. The van der Waals surface area contributed by atoms with Crippen LogP contribution in [0.15, 0.2) is 352 Å². The van der Waals surface area contributed by atoms with Crippen molar-refractivity contribution < 1.29 is 0 Å². The van der Waals surface area contributed by atoms with Crippen LogP contribution >= 0.6 is 91.8 Å². The number of fused-ring (bicyclic) bond motifs is 36. The first-order valence-corrected chi connectivity index (χ1v) is 47.4. The van der Waals surface area contributed by atoms with Gasteiger partial charge in [0.1, 0.15) is 41.4 Å². The van der Waals surface area contributed by atoms with Crippen molar-refractivity contribution >= 4 is 304 Å². The maximum Gasteiger partial charge on any atom is 0.143 e. The van der Waals surface area contributed by atoms with Crippen LogP contribution in [0.5, 0.6) is 0 Å². The average molecular weight is 1820 g/mol. The monoisotopic (exact) mass is 1810 g/mol. The molecule has 20 aromatic carbocycles. The van der Waals surface area contributed by atoms with Gasteiger partial charge in [-0.15, -0.1) is 45.3 Å². The Kier molecular flexibility index (Phi) is 18.9. The first-order valence-electron chi connectivity index (χ1n) is 42.6. The van der Waals surface area contributed by atoms with Gasteiger partial charge in [0.2, 0.25) is 0 Å². The lowest BCUT2D eigenvalue weighted by Gasteiger charge is -2.13. The zero-order valence-corrected chi connectivity index (χ0v) is 75.5. The van der Waals surface area contributed by atoms with E-state index in [1.165, 1.54) is 85.9 Å². The van der Waals surface area contributed by atoms with E-state index < -0.39 is 0 Å². The summed E-state index contributed by atoms with van der Waals surface area (Å²) in [6.07, 6.45) is 0. The van der Waals surface area contributed by atoms with Gasteiger partial charge in [-0.25, -0.2) is 39.9 Å². The maximum absolute atomic E-state index is 6.36. The average Bonchev–Trinajstić information content (AvgIpc) is 1.40. The summed E-state index contributed by atoms with van der Waals surface area (Å²) in [7, 11) is 0. The van der Waals surface area contributed by atoms with Crippen molar-refractivity contribution in [2.75, 3.05) is 0 Å². The molecule has 0 aliphatic carbocycles. The minimum absolute atomic E-state index is 0.711. The third-order valence-corrected chi connectivity index (χ3v) is 30.2. The van der Waals surface area contributed by atoms with E-state index >= 15 is 0 Å². The molecule has 16 heteroatoms. The second-order valence-electron chi connectivity index (χ2n) is 33.0. The van der Waals surface area contributed by atoms with Crippen LogP contribution in [0, 0.1) is 13.8 Å². The van der Waals surface area contributed by atoms with Gasteiger partial charge in [-0.3, -0.25) is 0 Å². The van der Waals surface area contributed by atoms with E-state index in [-0.39, 0.29) is 0 Å². The van der Waals surface area contributed by atoms with Crippen molar-refractivity contribution in [1.82, 2.24) is 39.9 Å². The molecule has 0 aliphatic rings. The summed E-state index contributed by atoms with van der Waals surface area (Å²) < 4.78 is 4.69. The van der Waals surface area contributed by atoms with Gasteiger partial charge in [0.15, 0.2) is 0 Å². The first kappa shape index (κ1) is 78.2. The molecule has 612 valence electrons. The molecule has 8 heterocycles. The van der Waals surface area contributed by atoms with Crippen molar-refractivity contribution in [1.29, 1.82) is 0 Å². The van der Waals surface area contributed by atoms with Gasteiger partial charge in [0.25, 0.3) is 0 Å². The van der Waals surface area contributed by atoms with Gasteiger partial charge in [-0.2, -0.15) is 0 Å². The van der Waals surface area contributed by atoms with Crippen molar-refractivity contribution in [3.63, 3.8) is 0 Å². The minimum Gasteiger partial charge on any atom is -0.242 e. The molecule has 0 fully saturated rings. The molecule has 0 aliphatic heterocycles. The Morgan fingerprint density at radius 1 is 0.154 bits per heavy atom. The van der Waals surface area contributed by atoms with E-state index in [9.17, 15) is 0 Å². The molecule has 130 heavy (non-hydrogen) atoms. The maximum atomic E-state index is 6.36. The molecular formula is C114H64Cl4N8S4. The van der Waals surface area contributed by atoms with Crippen LogP contribution in [0.1, 0.15) is 11.1 Å². The van der Waals surface area contributed by atoms with E-state index in [0.717, 1.165) is 197 Å². The van der Waals surface area contributed by atoms with Crippen molar-refractivity contribution in [2.45, 2.75) is 13.8 Å². The van der Waals surface area contributed by atoms with Crippen LogP contribution in [-0.2, 0) is 0 Å². The number of aryl methyl sites for hydroxylation is 2. The molecule has 8 nitrogen and oxygen atoms in total. The SMILES string of the molecule is Cc1ccc2c(c1)c1cc(C)ccc1c1nc3c(nc21)sc1ccc(Cl)cc13.Clc1ccc(-c2ccc3sc4nc5c6ccccc6c6ccccc6c5nc4c3c2)cc1.Clc1ccc2sc3nc4c5ccc(-c6ccccc6)cc5c5cc(-c6ccccc6)ccc5c4nc3c2c1.Clc1cccc(-c2ccc3sc4nc5c6ccccc6c6ccccc6c5nc4c3c2)c1. The Bertz CT molecular complexity index is 9680. The molecule has 0 saturated heterocycles. The molecular weight excluding hydrogens is 1750 g/mol. The number of halogens is 4. The second kappa shape index (κ2) is 31.4. The van der Waals surface area contributed by atoms with Gasteiger partial charge >= 0.3 is 0 Å². The molecule has 0 saturated carbocycles. The Hall–Kier alpha value is -14.1. The topological polar surface area (TPSA) is 103 Å². The van der Waals surface area contributed by atoms with Crippen LogP contribution < -0.4 is 0 Å². The highest BCUT2D eigenvalue weighted by Crippen LogP contribution is 2.47. The lowest BCUT2D eigenvalue weighted by molar-refractivity contribution is 1.45. The number of nitrogens with zero attached hydrogens (tertiary/aromatic N) is 8. The fraction of sp³-hybridized carbons (Fsp3) is 0.0175. The number of thiophene rings is 4. The molecule has 0 atom stereocenters. The normalized spacial score (nSPS) is 11.9. The van der Waals surface area contributed by atoms with Gasteiger partial charge in [0.05, 0.1) is 44.1 Å². The van der Waals surface area contributed by atoms with Crippen LogP contribution in [0.3, 0.4) is 0 Å². The van der Waals surface area contributed by atoms with Crippen molar-refractivity contribution in [2.24, 2.45) is 0 Å². The zero-order chi connectivity index (χ0) is 86.7. The summed E-state index contributed by atoms with van der Waals surface area (Å²) in [6, 6.07) is 123. The van der Waals surface area contributed by atoms with Crippen LogP contribution in [-0.4, -0.2) is 39.9 Å². The van der Waals surface area contributed by atoms with Crippen LogP contribution in [0.25, 0.3) is 257 Å². The lowest BCUT2D eigenvalue weighted by atomic mass is 9.93. The van der Waals surface area contributed by atoms with Gasteiger partial charge in [-0.1, -0.05) is 312 Å². The number of hydrogen-bond donors (Lipinski definition) is 0. The third-order valence-electron chi connectivity index (χ3n) is 25.0. The predicted octanol–water partition coefficient (Wildman–Crippen LogP) is 35.1. The lowest BCUT2D eigenvalue weighted by Crippen LogP contribution is -1.91. The largest absolute Gasteiger partial charge is 0.242 e. The van der Waals surface area contributed by atoms with Gasteiger partial charge < -0.3 is 0 Å². The Labute approximate surface area is 778 Å². The summed E-state index contributed by atoms with van der Waals surface area (Å²) in [6.45, 7) is 4.27. The first-order chi connectivity index (χ1) is 63.8. The van der Waals surface area contributed by atoms with Crippen LogP contribution in [0.4, 0.5) is 0 Å². The minimum atomic E-state index is 0.711. The van der Waals surface area contributed by atoms with E-state index in [1.807, 2.05) is 54.6 Å². The summed E-state index contributed by atoms with van der Waals surface area (Å²) in [4.78, 5) is 45.3. The molecule has 0 unspecified atom stereocenters. The van der Waals surface area contributed by atoms with Crippen molar-refractivity contribution in [3.8, 4) is 44.5 Å². The zero-order valence-electron chi connectivity index (χ0n) is 69.2. The molecule has 8 aromatic heterocycles. The molecule has 0 radical (unpaired) electrons. The third kappa shape index (κ3) is 13.3. The number of benzene rings is 20. The quantitative estimate of drug-likeness (QED) is 0.161. The molecule has 0 bridgehead atoms. The van der Waals surface area contributed by atoms with E-state index in [4.69, 9.17) is 86.3 Å². The predicted molar refractivity (Wildman–Crippen MR) is 561 cm³/mol. The molecule has 0 spiro atoms. The number of aromatic nitrogens is 8. The highest BCUT2D eigenvalue weighted by molar-refractivity contribution is 7.26. The fourth-order valence-corrected chi connectivity index (χ4v) is 23.5. The molecule has 28 aromatic rings. The Morgan fingerprint density at radius 2 is 0.392 bits per heavy atom. The highest BCUT2D eigenvalue weighted by Gasteiger charge is 2.23. The summed E-state index contributed by atoms with van der Waals surface area (Å²) in [5.41, 5.74) is 23.2. The smallest absolute Gasteiger partial charge is 0.143 e. The number of hydrogen-bond acceptors (Lipinski definition) is 12. The van der Waals surface area contributed by atoms with Gasteiger partial charge in [-0.05, 0) is 199 Å². The Morgan fingerprint density at radius 3 is 0.754 bits per heavy atom. The van der Waals surface area contributed by atoms with E-state index in [1.54, 1.807) is 45.3 Å². The number of rotatable bonds is 4. The van der Waals surface area contributed by atoms with E-state index in [2.05, 4.69) is 311 Å². The van der Waals surface area contributed by atoms with Gasteiger partial charge in [0, 0.05) is 104 Å². The van der Waals surface area contributed by atoms with Crippen LogP contribution in [0.2, 0.25) is 20.1 Å². The van der Waals surface area contributed by atoms with E-state index in [0.29, 0.717) is 5.02 Å². The molecule has 28 rings (SSSR count). The second-order valence-corrected chi connectivity index (χ2v) is 38.8. The summed E-state index contributed by atoms with van der Waals surface area (Å²) in [5, 5.41) is 26.1. The standard InChI is InChI=1S/C34H19ClN2S.2C28H15ClN2S.C24H15ClN2S/c35-24-13-16-30-29(19-24)33-34(38-30)37-32-26-15-12-23(21-9-5-2-6-10-21)18-28(26)27-17-22(20-7-3-1-4-8-20)11-14-25(27)31(32)36-33;29-18-7-5-6-16(14-18)17-12-13-24-23(15-17)27-28(32-24)31-26-22-11-4-2-9-20(22)19-8-1-3-10-21(19)25(26)30-27;29-18-12-9-16(10-13-18)17-11-14-24-23(15-17)27-28(32-24)31-26-22-8-4-2-6-20(22)19-5-1-3-7-21(19)25(26)30-27;1-12-3-6-15-17(9-12)18-10-13(2)4-7-16(18)22-21(15)26-23-19-11-14(25)5-8-20(19)28-24(23)27-22/h1-19H;2*1-15H;3-11H,1-2H3. The summed E-state index contributed by atoms with van der Waals surface area (Å²) in [5.74, 6) is 0. The fourth-order valence-electron chi connectivity index (χ4n) is 18.9. The Balaban J connectivity index is 0.0000000941. The summed E-state index contributed by atoms with van der Waals surface area (Å²) >= 11 is 31.7. The molecule has 0 amide bonds.